The van der Waals surface area contributed by atoms with Crippen LogP contribution in [0.15, 0.2) is 23.7 Å². The van der Waals surface area contributed by atoms with Gasteiger partial charge in [0.05, 0.1) is 11.9 Å². The molecule has 92 valence electrons. The molecule has 0 aliphatic heterocycles. The quantitative estimate of drug-likeness (QED) is 0.882. The summed E-state index contributed by atoms with van der Waals surface area (Å²) in [6.45, 7) is 6.26. The summed E-state index contributed by atoms with van der Waals surface area (Å²) < 4.78 is 1.80. The molecule has 0 fully saturated rings. The van der Waals surface area contributed by atoms with Gasteiger partial charge in [0.25, 0.3) is 0 Å². The van der Waals surface area contributed by atoms with E-state index in [1.54, 1.807) is 10.9 Å². The monoisotopic (exact) mass is 250 g/mol. The van der Waals surface area contributed by atoms with Crippen molar-refractivity contribution in [1.29, 1.82) is 0 Å². The second kappa shape index (κ2) is 4.98. The van der Waals surface area contributed by atoms with Crippen LogP contribution >= 0.6 is 11.3 Å². The molecule has 0 aliphatic carbocycles. The van der Waals surface area contributed by atoms with Gasteiger partial charge in [0, 0.05) is 30.4 Å². The smallest absolute Gasteiger partial charge is 0.0738 e. The Labute approximate surface area is 106 Å². The van der Waals surface area contributed by atoms with Crippen molar-refractivity contribution >= 4 is 11.3 Å². The zero-order valence-electron chi connectivity index (χ0n) is 10.5. The Hall–Kier alpha value is -1.20. The summed E-state index contributed by atoms with van der Waals surface area (Å²) in [6.07, 6.45) is 1.80. The van der Waals surface area contributed by atoms with Crippen molar-refractivity contribution in [2.24, 2.45) is 7.05 Å². The molecule has 5 heteroatoms. The summed E-state index contributed by atoms with van der Waals surface area (Å²) >= 11 is 1.81. The van der Waals surface area contributed by atoms with E-state index < -0.39 is 0 Å². The van der Waals surface area contributed by atoms with Crippen LogP contribution in [0.4, 0.5) is 0 Å². The summed E-state index contributed by atoms with van der Waals surface area (Å²) in [4.78, 5) is 1.41. The number of hydrogen-bond acceptors (Lipinski definition) is 4. The number of aromatic nitrogens is 3. The van der Waals surface area contributed by atoms with Gasteiger partial charge < -0.3 is 5.32 Å². The standard InChI is InChI=1S/C12H18N4S/c1-12(2,11-5-4-6-17-11)9-13-7-10-8-14-15-16(10)3/h4-6,8,13H,7,9H2,1-3H3. The molecular weight excluding hydrogens is 232 g/mol. The second-order valence-electron chi connectivity index (χ2n) is 4.81. The average Bonchev–Trinajstić information content (AvgIpc) is 2.90. The van der Waals surface area contributed by atoms with E-state index in [0.717, 1.165) is 18.8 Å². The van der Waals surface area contributed by atoms with E-state index in [2.05, 4.69) is 47.0 Å². The molecule has 17 heavy (non-hydrogen) atoms. The highest BCUT2D eigenvalue weighted by atomic mass is 32.1. The molecule has 0 atom stereocenters. The fraction of sp³-hybridized carbons (Fsp3) is 0.500. The predicted octanol–water partition coefficient (Wildman–Crippen LogP) is 1.94. The minimum Gasteiger partial charge on any atom is -0.310 e. The van der Waals surface area contributed by atoms with Crippen LogP contribution in [0, 0.1) is 0 Å². The third-order valence-electron chi connectivity index (χ3n) is 2.87. The van der Waals surface area contributed by atoms with Crippen molar-refractivity contribution in [3.05, 3.63) is 34.3 Å². The maximum absolute atomic E-state index is 3.91. The molecule has 2 rings (SSSR count). The van der Waals surface area contributed by atoms with Crippen molar-refractivity contribution in [2.45, 2.75) is 25.8 Å². The number of hydrogen-bond donors (Lipinski definition) is 1. The van der Waals surface area contributed by atoms with E-state index in [-0.39, 0.29) is 5.41 Å². The highest BCUT2D eigenvalue weighted by molar-refractivity contribution is 7.10. The van der Waals surface area contributed by atoms with E-state index >= 15 is 0 Å². The molecule has 0 aliphatic rings. The largest absolute Gasteiger partial charge is 0.310 e. The highest BCUT2D eigenvalue weighted by Crippen LogP contribution is 2.26. The van der Waals surface area contributed by atoms with Gasteiger partial charge in [-0.05, 0) is 11.4 Å². The summed E-state index contributed by atoms with van der Waals surface area (Å²) in [5, 5.41) is 13.4. The first-order chi connectivity index (χ1) is 8.09. The third kappa shape index (κ3) is 2.92. The Morgan fingerprint density at radius 1 is 1.47 bits per heavy atom. The highest BCUT2D eigenvalue weighted by Gasteiger charge is 2.21. The number of thiophene rings is 1. The van der Waals surface area contributed by atoms with Crippen LogP contribution in [-0.2, 0) is 19.0 Å². The van der Waals surface area contributed by atoms with Crippen molar-refractivity contribution in [2.75, 3.05) is 6.54 Å². The summed E-state index contributed by atoms with van der Waals surface area (Å²) in [5.74, 6) is 0. The minimum absolute atomic E-state index is 0.167. The molecule has 1 N–H and O–H groups in total. The molecule has 4 nitrogen and oxygen atoms in total. The number of aryl methyl sites for hydroxylation is 1. The Bertz CT molecular complexity index is 459. The van der Waals surface area contributed by atoms with Crippen LogP contribution in [-0.4, -0.2) is 21.5 Å². The van der Waals surface area contributed by atoms with E-state index in [1.807, 2.05) is 18.4 Å². The Balaban J connectivity index is 1.88. The van der Waals surface area contributed by atoms with Crippen molar-refractivity contribution in [3.63, 3.8) is 0 Å². The summed E-state index contributed by atoms with van der Waals surface area (Å²) in [7, 11) is 1.91. The zero-order valence-corrected chi connectivity index (χ0v) is 11.3. The Kier molecular flexibility index (Phi) is 3.59. The molecule has 0 amide bonds. The SMILES string of the molecule is Cn1nncc1CNCC(C)(C)c1cccs1. The lowest BCUT2D eigenvalue weighted by atomic mass is 9.91. The lowest BCUT2D eigenvalue weighted by Gasteiger charge is -2.23. The molecule has 0 unspecified atom stereocenters. The van der Waals surface area contributed by atoms with Crippen LogP contribution in [0.25, 0.3) is 0 Å². The second-order valence-corrected chi connectivity index (χ2v) is 5.76. The van der Waals surface area contributed by atoms with Crippen molar-refractivity contribution < 1.29 is 0 Å². The van der Waals surface area contributed by atoms with Gasteiger partial charge in [0.2, 0.25) is 0 Å². The van der Waals surface area contributed by atoms with Crippen LogP contribution in [0.5, 0.6) is 0 Å². The van der Waals surface area contributed by atoms with Gasteiger partial charge >= 0.3 is 0 Å². The van der Waals surface area contributed by atoms with Crippen LogP contribution in [0.3, 0.4) is 0 Å². The van der Waals surface area contributed by atoms with Crippen LogP contribution < -0.4 is 5.32 Å². The van der Waals surface area contributed by atoms with Crippen LogP contribution in [0.2, 0.25) is 0 Å². The molecule has 0 bridgehead atoms. The van der Waals surface area contributed by atoms with Gasteiger partial charge in [-0.2, -0.15) is 0 Å². The first-order valence-corrected chi connectivity index (χ1v) is 6.56. The third-order valence-corrected chi connectivity index (χ3v) is 4.11. The van der Waals surface area contributed by atoms with Gasteiger partial charge in [0.1, 0.15) is 0 Å². The average molecular weight is 250 g/mol. The number of nitrogens with zero attached hydrogens (tertiary/aromatic N) is 3. The maximum atomic E-state index is 3.91. The van der Waals surface area contributed by atoms with E-state index in [1.165, 1.54) is 4.88 Å². The van der Waals surface area contributed by atoms with Gasteiger partial charge in [-0.25, -0.2) is 0 Å². The summed E-state index contributed by atoms with van der Waals surface area (Å²) in [5.41, 5.74) is 1.27. The lowest BCUT2D eigenvalue weighted by molar-refractivity contribution is 0.469. The first-order valence-electron chi connectivity index (χ1n) is 5.68. The van der Waals surface area contributed by atoms with Gasteiger partial charge in [-0.3, -0.25) is 4.68 Å². The molecule has 0 spiro atoms. The van der Waals surface area contributed by atoms with E-state index in [0.29, 0.717) is 0 Å². The topological polar surface area (TPSA) is 42.7 Å². The number of rotatable bonds is 5. The molecule has 0 saturated heterocycles. The molecule has 2 heterocycles. The minimum atomic E-state index is 0.167. The molecule has 0 radical (unpaired) electrons. The van der Waals surface area contributed by atoms with E-state index in [9.17, 15) is 0 Å². The maximum Gasteiger partial charge on any atom is 0.0738 e. The van der Waals surface area contributed by atoms with Gasteiger partial charge in [0.15, 0.2) is 0 Å². The zero-order chi connectivity index (χ0) is 12.3. The van der Waals surface area contributed by atoms with E-state index in [4.69, 9.17) is 0 Å². The molecule has 2 aromatic heterocycles. The fourth-order valence-electron chi connectivity index (χ4n) is 1.72. The predicted molar refractivity (Wildman–Crippen MR) is 70.1 cm³/mol. The molecule has 2 aromatic rings. The van der Waals surface area contributed by atoms with Gasteiger partial charge in [-0.1, -0.05) is 25.1 Å². The first kappa shape index (κ1) is 12.3. The normalized spacial score (nSPS) is 11.9. The van der Waals surface area contributed by atoms with Gasteiger partial charge in [-0.15, -0.1) is 16.4 Å². The Morgan fingerprint density at radius 2 is 2.29 bits per heavy atom. The Morgan fingerprint density at radius 3 is 2.88 bits per heavy atom. The molecular formula is C12H18N4S. The number of nitrogens with one attached hydrogen (secondary N) is 1. The lowest BCUT2D eigenvalue weighted by Crippen LogP contribution is -2.32. The van der Waals surface area contributed by atoms with Crippen molar-refractivity contribution in [1.82, 2.24) is 20.3 Å². The molecule has 0 aromatic carbocycles. The molecule has 0 saturated carbocycles. The van der Waals surface area contributed by atoms with Crippen molar-refractivity contribution in [3.8, 4) is 0 Å². The van der Waals surface area contributed by atoms with Crippen LogP contribution in [0.1, 0.15) is 24.4 Å². The summed E-state index contributed by atoms with van der Waals surface area (Å²) in [6, 6.07) is 4.30. The fourth-order valence-corrected chi connectivity index (χ4v) is 2.58.